The molecule has 9 nitrogen and oxygen atoms in total. The molecule has 0 aromatic carbocycles. The number of pyridine rings is 1. The second-order valence-electron chi connectivity index (χ2n) is 7.21. The van der Waals surface area contributed by atoms with Crippen LogP contribution in [0.25, 0.3) is 16.9 Å². The molecule has 0 aliphatic carbocycles. The normalized spacial score (nSPS) is 10.9. The highest BCUT2D eigenvalue weighted by Crippen LogP contribution is 2.26. The first-order valence-corrected chi connectivity index (χ1v) is 9.37. The van der Waals surface area contributed by atoms with Crippen LogP contribution in [-0.2, 0) is 11.8 Å². The zero-order valence-corrected chi connectivity index (χ0v) is 17.3. The smallest absolute Gasteiger partial charge is 0.250 e. The van der Waals surface area contributed by atoms with Gasteiger partial charge in [0.25, 0.3) is 5.91 Å². The number of fused-ring (bicyclic) bond motifs is 1. The van der Waals surface area contributed by atoms with Gasteiger partial charge in [0.1, 0.15) is 11.5 Å². The van der Waals surface area contributed by atoms with Crippen molar-refractivity contribution in [3.63, 3.8) is 0 Å². The Hall–Kier alpha value is -4.01. The molecule has 2 N–H and O–H groups in total. The zero-order chi connectivity index (χ0) is 21.4. The first kappa shape index (κ1) is 19.3. The van der Waals surface area contributed by atoms with Crippen LogP contribution < -0.4 is 10.6 Å². The van der Waals surface area contributed by atoms with Gasteiger partial charge >= 0.3 is 0 Å². The van der Waals surface area contributed by atoms with Crippen LogP contribution in [0.1, 0.15) is 18.1 Å². The van der Waals surface area contributed by atoms with E-state index in [0.717, 1.165) is 22.2 Å². The Kier molecular flexibility index (Phi) is 4.78. The van der Waals surface area contributed by atoms with Crippen molar-refractivity contribution in [3.8, 4) is 5.82 Å². The number of amides is 1. The van der Waals surface area contributed by atoms with Crippen LogP contribution in [0.5, 0.6) is 0 Å². The zero-order valence-electron chi connectivity index (χ0n) is 17.3. The van der Waals surface area contributed by atoms with Crippen LogP contribution in [-0.4, -0.2) is 35.2 Å². The lowest BCUT2D eigenvalue weighted by Gasteiger charge is -2.10. The predicted octanol–water partition coefficient (Wildman–Crippen LogP) is 3.42. The molecule has 0 fully saturated rings. The molecule has 0 radical (unpaired) electrons. The van der Waals surface area contributed by atoms with E-state index >= 15 is 0 Å². The van der Waals surface area contributed by atoms with Gasteiger partial charge in [0.15, 0.2) is 5.82 Å². The van der Waals surface area contributed by atoms with E-state index in [4.69, 9.17) is 0 Å². The van der Waals surface area contributed by atoms with Crippen LogP contribution >= 0.6 is 0 Å². The van der Waals surface area contributed by atoms with E-state index in [1.807, 2.05) is 50.0 Å². The summed E-state index contributed by atoms with van der Waals surface area (Å²) in [7, 11) is 1.85. The topological polar surface area (TPSA) is 103 Å². The fourth-order valence-electron chi connectivity index (χ4n) is 3.07. The van der Waals surface area contributed by atoms with Crippen LogP contribution in [0.2, 0.25) is 0 Å². The Balaban J connectivity index is 1.73. The molecule has 4 aromatic heterocycles. The fourth-order valence-corrected chi connectivity index (χ4v) is 3.07. The molecule has 1 amide bonds. The summed E-state index contributed by atoms with van der Waals surface area (Å²) in [6, 6.07) is 3.75. The standard InChI is InChI=1S/C21H22N8O/c1-12(2)20(30)24-15-8-16-14(4)11-29(19(16)22-10-15)18-13(3)9-23-21(26-18)25-17-6-7-28(5)27-17/h6-11H,1H2,2-5H3,(H,24,30)(H,23,25,26,27). The number of carbonyl (C=O) groups is 1. The van der Waals surface area contributed by atoms with Crippen molar-refractivity contribution in [2.24, 2.45) is 7.05 Å². The molecule has 0 saturated carbocycles. The first-order chi connectivity index (χ1) is 14.3. The second-order valence-corrected chi connectivity index (χ2v) is 7.21. The van der Waals surface area contributed by atoms with E-state index in [1.165, 1.54) is 0 Å². The molecule has 0 saturated heterocycles. The van der Waals surface area contributed by atoms with E-state index in [2.05, 4.69) is 37.3 Å². The van der Waals surface area contributed by atoms with E-state index in [-0.39, 0.29) is 5.91 Å². The average molecular weight is 402 g/mol. The molecule has 0 aliphatic heterocycles. The molecule has 152 valence electrons. The van der Waals surface area contributed by atoms with Gasteiger partial charge in [0, 0.05) is 48.2 Å². The van der Waals surface area contributed by atoms with Crippen LogP contribution in [0.15, 0.2) is 49.1 Å². The molecule has 30 heavy (non-hydrogen) atoms. The van der Waals surface area contributed by atoms with Crippen molar-refractivity contribution < 1.29 is 4.79 Å². The molecule has 4 rings (SSSR count). The van der Waals surface area contributed by atoms with Gasteiger partial charge in [-0.3, -0.25) is 14.0 Å². The maximum atomic E-state index is 11.9. The van der Waals surface area contributed by atoms with Crippen molar-refractivity contribution in [3.05, 3.63) is 60.2 Å². The molecule has 0 unspecified atom stereocenters. The number of aromatic nitrogens is 6. The molecular weight excluding hydrogens is 380 g/mol. The monoisotopic (exact) mass is 402 g/mol. The lowest BCUT2D eigenvalue weighted by molar-refractivity contribution is -0.112. The Morgan fingerprint density at radius 3 is 2.67 bits per heavy atom. The number of aryl methyl sites for hydroxylation is 3. The maximum absolute atomic E-state index is 11.9. The second kappa shape index (κ2) is 7.43. The summed E-state index contributed by atoms with van der Waals surface area (Å²) in [5.41, 5.74) is 3.72. The van der Waals surface area contributed by atoms with Crippen LogP contribution in [0, 0.1) is 13.8 Å². The van der Waals surface area contributed by atoms with Crippen molar-refractivity contribution >= 4 is 34.4 Å². The quantitative estimate of drug-likeness (QED) is 0.496. The number of carbonyl (C=O) groups excluding carboxylic acids is 1. The first-order valence-electron chi connectivity index (χ1n) is 9.37. The van der Waals surface area contributed by atoms with Gasteiger partial charge in [-0.15, -0.1) is 0 Å². The van der Waals surface area contributed by atoms with Crippen molar-refractivity contribution in [1.29, 1.82) is 0 Å². The predicted molar refractivity (Wildman–Crippen MR) is 116 cm³/mol. The van der Waals surface area contributed by atoms with E-state index in [1.54, 1.807) is 24.0 Å². The summed E-state index contributed by atoms with van der Waals surface area (Å²) in [6.07, 6.45) is 7.20. The van der Waals surface area contributed by atoms with Gasteiger partial charge < -0.3 is 10.6 Å². The van der Waals surface area contributed by atoms with E-state index in [9.17, 15) is 4.79 Å². The maximum Gasteiger partial charge on any atom is 0.250 e. The third kappa shape index (κ3) is 3.64. The van der Waals surface area contributed by atoms with Crippen LogP contribution in [0.3, 0.4) is 0 Å². The minimum Gasteiger partial charge on any atom is -0.321 e. The summed E-state index contributed by atoms with van der Waals surface area (Å²) in [6.45, 7) is 9.27. The summed E-state index contributed by atoms with van der Waals surface area (Å²) in [5.74, 6) is 1.59. The largest absolute Gasteiger partial charge is 0.321 e. The Labute approximate surface area is 173 Å². The number of anilines is 3. The Bertz CT molecular complexity index is 1280. The molecule has 0 atom stereocenters. The number of nitrogens with one attached hydrogen (secondary N) is 2. The number of nitrogens with zero attached hydrogens (tertiary/aromatic N) is 6. The highest BCUT2D eigenvalue weighted by atomic mass is 16.1. The Morgan fingerprint density at radius 2 is 1.97 bits per heavy atom. The SMILES string of the molecule is C=C(C)C(=O)Nc1cnc2c(c1)c(C)cn2-c1nc(Nc2ccn(C)n2)ncc1C. The minimum absolute atomic E-state index is 0.231. The molecule has 4 aromatic rings. The summed E-state index contributed by atoms with van der Waals surface area (Å²) in [4.78, 5) is 25.5. The molecular formula is C21H22N8O. The number of hydrogen-bond acceptors (Lipinski definition) is 6. The third-order valence-corrected chi connectivity index (χ3v) is 4.61. The fraction of sp³-hybridized carbons (Fsp3) is 0.190. The molecule has 0 bridgehead atoms. The van der Waals surface area contributed by atoms with Gasteiger partial charge in [0.05, 0.1) is 11.9 Å². The summed E-state index contributed by atoms with van der Waals surface area (Å²) >= 11 is 0. The highest BCUT2D eigenvalue weighted by molar-refractivity contribution is 6.03. The van der Waals surface area contributed by atoms with Gasteiger partial charge in [-0.2, -0.15) is 10.1 Å². The van der Waals surface area contributed by atoms with Crippen molar-refractivity contribution in [2.45, 2.75) is 20.8 Å². The average Bonchev–Trinajstić information content (AvgIpc) is 3.26. The lowest BCUT2D eigenvalue weighted by atomic mass is 10.2. The van der Waals surface area contributed by atoms with Gasteiger partial charge in [0.2, 0.25) is 5.95 Å². The van der Waals surface area contributed by atoms with Gasteiger partial charge in [-0.05, 0) is 32.4 Å². The van der Waals surface area contributed by atoms with E-state index < -0.39 is 0 Å². The highest BCUT2D eigenvalue weighted by Gasteiger charge is 2.14. The molecule has 0 spiro atoms. The Morgan fingerprint density at radius 1 is 1.17 bits per heavy atom. The number of rotatable bonds is 5. The summed E-state index contributed by atoms with van der Waals surface area (Å²) in [5, 5.41) is 11.1. The molecule has 0 aliphatic rings. The van der Waals surface area contributed by atoms with E-state index in [0.29, 0.717) is 28.8 Å². The number of hydrogen-bond donors (Lipinski definition) is 2. The molecule has 4 heterocycles. The van der Waals surface area contributed by atoms with Crippen LogP contribution in [0.4, 0.5) is 17.5 Å². The minimum atomic E-state index is -0.231. The third-order valence-electron chi connectivity index (χ3n) is 4.61. The van der Waals surface area contributed by atoms with Crippen molar-refractivity contribution in [1.82, 2.24) is 29.3 Å². The summed E-state index contributed by atoms with van der Waals surface area (Å²) < 4.78 is 3.63. The van der Waals surface area contributed by atoms with Crippen molar-refractivity contribution in [2.75, 3.05) is 10.6 Å². The lowest BCUT2D eigenvalue weighted by Crippen LogP contribution is -2.12. The van der Waals surface area contributed by atoms with Gasteiger partial charge in [-0.1, -0.05) is 6.58 Å². The van der Waals surface area contributed by atoms with Gasteiger partial charge in [-0.25, -0.2) is 9.97 Å². The molecule has 9 heteroatoms.